The molecule has 1 fully saturated rings. The molecular weight excluding hydrogens is 284 g/mol. The molecule has 20 heavy (non-hydrogen) atoms. The number of nitrogens with one attached hydrogen (secondary N) is 1. The summed E-state index contributed by atoms with van der Waals surface area (Å²) in [5.41, 5.74) is 1.33. The van der Waals surface area contributed by atoms with Crippen LogP contribution in [0.15, 0.2) is 12.5 Å². The van der Waals surface area contributed by atoms with Crippen molar-refractivity contribution in [1.82, 2.24) is 29.7 Å². The number of hydrogen-bond acceptors (Lipinski definition) is 6. The summed E-state index contributed by atoms with van der Waals surface area (Å²) in [7, 11) is -4.12. The highest BCUT2D eigenvalue weighted by molar-refractivity contribution is 7.83. The Morgan fingerprint density at radius 1 is 1.45 bits per heavy atom. The van der Waals surface area contributed by atoms with E-state index in [0.29, 0.717) is 11.2 Å². The molecule has 0 radical (unpaired) electrons. The molecule has 1 aliphatic rings. The molecule has 108 valence electrons. The summed E-state index contributed by atoms with van der Waals surface area (Å²) in [6.45, 7) is 0.233. The third-order valence-electron chi connectivity index (χ3n) is 3.55. The summed E-state index contributed by atoms with van der Waals surface area (Å²) in [4.78, 5) is 8.06. The van der Waals surface area contributed by atoms with Gasteiger partial charge in [-0.1, -0.05) is 5.21 Å². The van der Waals surface area contributed by atoms with Crippen molar-refractivity contribution in [3.63, 3.8) is 0 Å². The topological polar surface area (TPSA) is 123 Å². The maximum Gasteiger partial charge on any atom is 0.333 e. The molecule has 0 saturated heterocycles. The number of nitrogens with zero attached hydrogens (tertiary/aromatic N) is 5. The van der Waals surface area contributed by atoms with Gasteiger partial charge in [-0.2, -0.15) is 13.1 Å². The van der Waals surface area contributed by atoms with E-state index in [2.05, 4.69) is 25.0 Å². The molecule has 2 atom stereocenters. The Morgan fingerprint density at radius 2 is 2.30 bits per heavy atom. The highest BCUT2D eigenvalue weighted by Gasteiger charge is 2.28. The van der Waals surface area contributed by atoms with Crippen molar-refractivity contribution >= 4 is 21.5 Å². The molecule has 3 rings (SSSR count). The van der Waals surface area contributed by atoms with Gasteiger partial charge in [-0.25, -0.2) is 14.6 Å². The Bertz CT molecular complexity index is 715. The van der Waals surface area contributed by atoms with Crippen LogP contribution in [0.1, 0.15) is 25.3 Å². The van der Waals surface area contributed by atoms with E-state index in [1.54, 1.807) is 10.9 Å². The van der Waals surface area contributed by atoms with Gasteiger partial charge in [0.25, 0.3) is 0 Å². The monoisotopic (exact) mass is 298 g/mol. The second kappa shape index (κ2) is 5.04. The standard InChI is InChI=1S/C10H14N6O3S/c17-20(18,19)13-4-7-1-2-8(3-7)16-10-9(14-15-16)5-11-6-12-10/h5-8,13H,1-4H2,(H,17,18,19)/t7-,8+/m1/s1. The lowest BCUT2D eigenvalue weighted by atomic mass is 10.1. The molecule has 2 aromatic rings. The van der Waals surface area contributed by atoms with E-state index < -0.39 is 10.3 Å². The number of aromatic nitrogens is 5. The first-order valence-electron chi connectivity index (χ1n) is 6.26. The average Bonchev–Trinajstić information content (AvgIpc) is 3.01. The van der Waals surface area contributed by atoms with Crippen LogP contribution >= 0.6 is 0 Å². The minimum absolute atomic E-state index is 0.142. The fourth-order valence-corrected chi connectivity index (χ4v) is 3.07. The molecule has 0 aliphatic heterocycles. The Hall–Kier alpha value is -1.65. The van der Waals surface area contributed by atoms with Gasteiger partial charge in [0.2, 0.25) is 0 Å². The normalized spacial score (nSPS) is 23.4. The lowest BCUT2D eigenvalue weighted by molar-refractivity contribution is 0.425. The van der Waals surface area contributed by atoms with Crippen LogP contribution in [0.4, 0.5) is 0 Å². The van der Waals surface area contributed by atoms with Gasteiger partial charge >= 0.3 is 10.3 Å². The van der Waals surface area contributed by atoms with E-state index in [4.69, 9.17) is 4.55 Å². The van der Waals surface area contributed by atoms with Crippen LogP contribution in [-0.4, -0.2) is 44.5 Å². The second-order valence-electron chi connectivity index (χ2n) is 4.92. The molecule has 2 N–H and O–H groups in total. The van der Waals surface area contributed by atoms with Crippen molar-refractivity contribution in [2.75, 3.05) is 6.54 Å². The molecule has 0 aromatic carbocycles. The predicted molar refractivity (Wildman–Crippen MR) is 69.0 cm³/mol. The molecule has 2 heterocycles. The Morgan fingerprint density at radius 3 is 3.10 bits per heavy atom. The summed E-state index contributed by atoms with van der Waals surface area (Å²) in [5, 5.41) is 8.11. The van der Waals surface area contributed by atoms with Gasteiger partial charge in [0.1, 0.15) is 6.33 Å². The Balaban J connectivity index is 1.71. The largest absolute Gasteiger partial charge is 0.333 e. The van der Waals surface area contributed by atoms with Crippen LogP contribution in [0, 0.1) is 5.92 Å². The molecule has 10 heteroatoms. The lowest BCUT2D eigenvalue weighted by Crippen LogP contribution is -2.27. The molecule has 0 bridgehead atoms. The average molecular weight is 298 g/mol. The summed E-state index contributed by atoms with van der Waals surface area (Å²) in [5.74, 6) is 0.169. The third-order valence-corrected chi connectivity index (χ3v) is 4.08. The molecule has 0 amide bonds. The van der Waals surface area contributed by atoms with Crippen LogP contribution in [-0.2, 0) is 10.3 Å². The van der Waals surface area contributed by atoms with Gasteiger partial charge < -0.3 is 0 Å². The van der Waals surface area contributed by atoms with Crippen molar-refractivity contribution in [1.29, 1.82) is 0 Å². The molecule has 2 aromatic heterocycles. The number of fused-ring (bicyclic) bond motifs is 1. The van der Waals surface area contributed by atoms with Gasteiger partial charge in [-0.15, -0.1) is 5.10 Å². The molecule has 0 unspecified atom stereocenters. The summed E-state index contributed by atoms with van der Waals surface area (Å²) in [6.07, 6.45) is 5.57. The molecule has 0 spiro atoms. The van der Waals surface area contributed by atoms with E-state index in [1.165, 1.54) is 6.33 Å². The summed E-state index contributed by atoms with van der Waals surface area (Å²) in [6, 6.07) is 0.142. The van der Waals surface area contributed by atoms with Crippen molar-refractivity contribution in [2.24, 2.45) is 5.92 Å². The SMILES string of the molecule is O=S(=O)(O)NC[C@@H]1CC[C@H](n2nnc3cncnc32)C1. The first-order chi connectivity index (χ1) is 9.53. The quantitative estimate of drug-likeness (QED) is 0.759. The summed E-state index contributed by atoms with van der Waals surface area (Å²) >= 11 is 0. The smallest absolute Gasteiger partial charge is 0.273 e. The summed E-state index contributed by atoms with van der Waals surface area (Å²) < 4.78 is 33.9. The van der Waals surface area contributed by atoms with Crippen LogP contribution in [0.3, 0.4) is 0 Å². The third kappa shape index (κ3) is 2.76. The first kappa shape index (κ1) is 13.3. The van der Waals surface area contributed by atoms with Crippen LogP contribution in [0.5, 0.6) is 0 Å². The van der Waals surface area contributed by atoms with Gasteiger partial charge in [-0.3, -0.25) is 4.55 Å². The molecule has 1 aliphatic carbocycles. The minimum atomic E-state index is -4.12. The zero-order valence-electron chi connectivity index (χ0n) is 10.5. The fourth-order valence-electron chi connectivity index (χ4n) is 2.63. The van der Waals surface area contributed by atoms with E-state index >= 15 is 0 Å². The van der Waals surface area contributed by atoms with Crippen LogP contribution in [0.2, 0.25) is 0 Å². The minimum Gasteiger partial charge on any atom is -0.273 e. The highest BCUT2D eigenvalue weighted by Crippen LogP contribution is 2.34. The van der Waals surface area contributed by atoms with Gasteiger partial charge in [0.15, 0.2) is 11.2 Å². The Kier molecular flexibility index (Phi) is 3.36. The van der Waals surface area contributed by atoms with Gasteiger partial charge in [-0.05, 0) is 25.2 Å². The van der Waals surface area contributed by atoms with E-state index in [0.717, 1.165) is 19.3 Å². The first-order valence-corrected chi connectivity index (χ1v) is 7.70. The van der Waals surface area contributed by atoms with Crippen molar-refractivity contribution < 1.29 is 13.0 Å². The predicted octanol–water partition coefficient (Wildman–Crippen LogP) is -0.0451. The van der Waals surface area contributed by atoms with Crippen LogP contribution in [0.25, 0.3) is 11.2 Å². The van der Waals surface area contributed by atoms with Gasteiger partial charge in [0.05, 0.1) is 12.2 Å². The van der Waals surface area contributed by atoms with E-state index in [-0.39, 0.29) is 18.5 Å². The molecular formula is C10H14N6O3S. The highest BCUT2D eigenvalue weighted by atomic mass is 32.2. The van der Waals surface area contributed by atoms with Crippen molar-refractivity contribution in [2.45, 2.75) is 25.3 Å². The maximum absolute atomic E-state index is 10.7. The number of rotatable bonds is 4. The lowest BCUT2D eigenvalue weighted by Gasteiger charge is -2.11. The zero-order chi connectivity index (χ0) is 14.2. The van der Waals surface area contributed by atoms with E-state index in [9.17, 15) is 8.42 Å². The molecule has 1 saturated carbocycles. The van der Waals surface area contributed by atoms with Crippen molar-refractivity contribution in [3.8, 4) is 0 Å². The maximum atomic E-state index is 10.7. The zero-order valence-corrected chi connectivity index (χ0v) is 11.4. The number of hydrogen-bond donors (Lipinski definition) is 2. The van der Waals surface area contributed by atoms with E-state index in [1.807, 2.05) is 0 Å². The van der Waals surface area contributed by atoms with Gasteiger partial charge in [0, 0.05) is 6.54 Å². The Labute approximate surface area is 115 Å². The fraction of sp³-hybridized carbons (Fsp3) is 0.600. The van der Waals surface area contributed by atoms with Crippen molar-refractivity contribution in [3.05, 3.63) is 12.5 Å². The second-order valence-corrected chi connectivity index (χ2v) is 6.16. The molecule has 9 nitrogen and oxygen atoms in total. The van der Waals surface area contributed by atoms with Crippen LogP contribution < -0.4 is 4.72 Å².